The second-order valence-corrected chi connectivity index (χ2v) is 6.73. The van der Waals surface area contributed by atoms with E-state index in [0.717, 1.165) is 39.4 Å². The molecule has 0 aromatic carbocycles. The van der Waals surface area contributed by atoms with Crippen molar-refractivity contribution in [2.24, 2.45) is 0 Å². The van der Waals surface area contributed by atoms with Crippen molar-refractivity contribution in [1.82, 2.24) is 10.2 Å². The van der Waals surface area contributed by atoms with Crippen molar-refractivity contribution < 1.29 is 5.11 Å². The zero-order valence-corrected chi connectivity index (χ0v) is 11.3. The molecule has 0 spiro atoms. The van der Waals surface area contributed by atoms with Crippen LogP contribution < -0.4 is 0 Å². The van der Waals surface area contributed by atoms with E-state index in [1.165, 1.54) is 0 Å². The smallest absolute Gasteiger partial charge is 0.175 e. The van der Waals surface area contributed by atoms with E-state index in [0.29, 0.717) is 6.61 Å². The van der Waals surface area contributed by atoms with Crippen molar-refractivity contribution in [3.8, 4) is 0 Å². The molecule has 86 valence electrons. The Hall–Kier alpha value is 0.220. The standard InChI is InChI=1S/C9H16N2OS3/c1-2-13-8-10-11-9(15-8)14-7-5-3-4-6-12/h12H,2-7H2,1H3. The van der Waals surface area contributed by atoms with Gasteiger partial charge in [-0.25, -0.2) is 0 Å². The monoisotopic (exact) mass is 264 g/mol. The van der Waals surface area contributed by atoms with Crippen LogP contribution in [0.4, 0.5) is 0 Å². The van der Waals surface area contributed by atoms with E-state index in [1.807, 2.05) is 0 Å². The van der Waals surface area contributed by atoms with Crippen LogP contribution in [0.2, 0.25) is 0 Å². The lowest BCUT2D eigenvalue weighted by atomic mass is 10.3. The molecular formula is C9H16N2OS3. The van der Waals surface area contributed by atoms with Crippen LogP contribution in [0.25, 0.3) is 0 Å². The predicted molar refractivity (Wildman–Crippen MR) is 68.0 cm³/mol. The highest BCUT2D eigenvalue weighted by atomic mass is 32.2. The first-order valence-corrected chi connectivity index (χ1v) is 7.85. The van der Waals surface area contributed by atoms with Crippen molar-refractivity contribution in [3.63, 3.8) is 0 Å². The maximum atomic E-state index is 8.62. The van der Waals surface area contributed by atoms with Crippen LogP contribution in [0.1, 0.15) is 26.2 Å². The van der Waals surface area contributed by atoms with E-state index >= 15 is 0 Å². The molecule has 0 saturated carbocycles. The highest BCUT2D eigenvalue weighted by Gasteiger charge is 2.03. The zero-order chi connectivity index (χ0) is 10.9. The van der Waals surface area contributed by atoms with Gasteiger partial charge in [0.1, 0.15) is 0 Å². The van der Waals surface area contributed by atoms with Crippen molar-refractivity contribution in [1.29, 1.82) is 0 Å². The summed E-state index contributed by atoms with van der Waals surface area (Å²) in [5.74, 6) is 2.13. The van der Waals surface area contributed by atoms with Crippen molar-refractivity contribution in [2.45, 2.75) is 34.9 Å². The summed E-state index contributed by atoms with van der Waals surface area (Å²) in [6, 6.07) is 0. The lowest BCUT2D eigenvalue weighted by molar-refractivity contribution is 0.284. The molecule has 0 bridgehead atoms. The average Bonchev–Trinajstić information content (AvgIpc) is 2.66. The Balaban J connectivity index is 2.14. The molecule has 1 aromatic rings. The molecule has 0 radical (unpaired) electrons. The minimum Gasteiger partial charge on any atom is -0.396 e. The van der Waals surface area contributed by atoms with Gasteiger partial charge in [0.25, 0.3) is 0 Å². The van der Waals surface area contributed by atoms with Gasteiger partial charge >= 0.3 is 0 Å². The van der Waals surface area contributed by atoms with Gasteiger partial charge in [0.15, 0.2) is 8.68 Å². The van der Waals surface area contributed by atoms with Crippen LogP contribution in [-0.2, 0) is 0 Å². The molecule has 1 N–H and O–H groups in total. The number of thioether (sulfide) groups is 2. The fourth-order valence-corrected chi connectivity index (χ4v) is 3.97. The van der Waals surface area contributed by atoms with E-state index in [9.17, 15) is 0 Å². The van der Waals surface area contributed by atoms with E-state index in [4.69, 9.17) is 5.11 Å². The molecule has 1 rings (SSSR count). The summed E-state index contributed by atoms with van der Waals surface area (Å²) in [5.41, 5.74) is 0. The first kappa shape index (κ1) is 13.3. The molecule has 1 heterocycles. The van der Waals surface area contributed by atoms with Gasteiger partial charge in [-0.3, -0.25) is 0 Å². The highest BCUT2D eigenvalue weighted by Crippen LogP contribution is 2.28. The SMILES string of the molecule is CCSc1nnc(SCCCCCO)s1. The number of aromatic nitrogens is 2. The first-order chi connectivity index (χ1) is 7.36. The molecule has 0 unspecified atom stereocenters. The third-order valence-corrected chi connectivity index (χ3v) is 4.84. The Morgan fingerprint density at radius 3 is 2.53 bits per heavy atom. The number of hydrogen-bond acceptors (Lipinski definition) is 6. The van der Waals surface area contributed by atoms with Crippen LogP contribution >= 0.6 is 34.9 Å². The maximum Gasteiger partial charge on any atom is 0.175 e. The fourth-order valence-electron chi connectivity index (χ4n) is 0.987. The molecule has 15 heavy (non-hydrogen) atoms. The third kappa shape index (κ3) is 5.75. The second kappa shape index (κ2) is 8.38. The summed E-state index contributed by atoms with van der Waals surface area (Å²) >= 11 is 5.19. The molecule has 0 saturated heterocycles. The molecule has 0 aliphatic carbocycles. The lowest BCUT2D eigenvalue weighted by Crippen LogP contribution is -1.85. The molecule has 1 aromatic heterocycles. The van der Waals surface area contributed by atoms with Gasteiger partial charge in [-0.15, -0.1) is 10.2 Å². The van der Waals surface area contributed by atoms with Gasteiger partial charge in [0.2, 0.25) is 0 Å². The largest absolute Gasteiger partial charge is 0.396 e. The number of aliphatic hydroxyl groups is 1. The van der Waals surface area contributed by atoms with Gasteiger partial charge < -0.3 is 5.11 Å². The molecule has 0 amide bonds. The van der Waals surface area contributed by atoms with Gasteiger partial charge in [-0.05, 0) is 18.6 Å². The summed E-state index contributed by atoms with van der Waals surface area (Å²) in [6.07, 6.45) is 3.15. The molecule has 0 fully saturated rings. The number of unbranched alkanes of at least 4 members (excludes halogenated alkanes) is 2. The topological polar surface area (TPSA) is 46.0 Å². The minimum atomic E-state index is 0.306. The van der Waals surface area contributed by atoms with Crippen LogP contribution in [0.5, 0.6) is 0 Å². The van der Waals surface area contributed by atoms with Crippen LogP contribution in [0, 0.1) is 0 Å². The van der Waals surface area contributed by atoms with Gasteiger partial charge in [0.05, 0.1) is 0 Å². The summed E-state index contributed by atoms with van der Waals surface area (Å²) in [4.78, 5) is 0. The lowest BCUT2D eigenvalue weighted by Gasteiger charge is -1.96. The predicted octanol–water partition coefficient (Wildman–Crippen LogP) is 2.90. The normalized spacial score (nSPS) is 10.8. The molecule has 6 heteroatoms. The van der Waals surface area contributed by atoms with Gasteiger partial charge in [0, 0.05) is 12.4 Å². The third-order valence-electron chi connectivity index (χ3n) is 1.68. The van der Waals surface area contributed by atoms with Crippen molar-refractivity contribution in [3.05, 3.63) is 0 Å². The minimum absolute atomic E-state index is 0.306. The summed E-state index contributed by atoms with van der Waals surface area (Å²) in [7, 11) is 0. The molecule has 0 aliphatic rings. The Morgan fingerprint density at radius 2 is 1.87 bits per heavy atom. The quantitative estimate of drug-likeness (QED) is 0.578. The molecule has 0 atom stereocenters. The Bertz CT molecular complexity index is 268. The molecule has 3 nitrogen and oxygen atoms in total. The molecular weight excluding hydrogens is 248 g/mol. The van der Waals surface area contributed by atoms with Crippen LogP contribution in [0.3, 0.4) is 0 Å². The van der Waals surface area contributed by atoms with Crippen LogP contribution in [0.15, 0.2) is 8.68 Å². The maximum absolute atomic E-state index is 8.62. The van der Waals surface area contributed by atoms with Crippen LogP contribution in [-0.4, -0.2) is 33.4 Å². The van der Waals surface area contributed by atoms with E-state index in [2.05, 4.69) is 17.1 Å². The highest BCUT2D eigenvalue weighted by molar-refractivity contribution is 8.03. The van der Waals surface area contributed by atoms with E-state index in [1.54, 1.807) is 34.9 Å². The number of rotatable bonds is 8. The fraction of sp³-hybridized carbons (Fsp3) is 0.778. The van der Waals surface area contributed by atoms with Gasteiger partial charge in [-0.1, -0.05) is 48.2 Å². The van der Waals surface area contributed by atoms with E-state index in [-0.39, 0.29) is 0 Å². The summed E-state index contributed by atoms with van der Waals surface area (Å²) in [6.45, 7) is 2.43. The first-order valence-electron chi connectivity index (χ1n) is 5.06. The zero-order valence-electron chi connectivity index (χ0n) is 8.81. The average molecular weight is 264 g/mol. The number of aliphatic hydroxyl groups excluding tert-OH is 1. The van der Waals surface area contributed by atoms with Crippen molar-refractivity contribution in [2.75, 3.05) is 18.1 Å². The Labute approximate surface area is 103 Å². The second-order valence-electron chi connectivity index (χ2n) is 2.90. The molecule has 0 aliphatic heterocycles. The Kier molecular flexibility index (Phi) is 7.42. The van der Waals surface area contributed by atoms with E-state index < -0.39 is 0 Å². The Morgan fingerprint density at radius 1 is 1.13 bits per heavy atom. The summed E-state index contributed by atoms with van der Waals surface area (Å²) < 4.78 is 2.13. The number of hydrogen-bond donors (Lipinski definition) is 1. The van der Waals surface area contributed by atoms with Gasteiger partial charge in [-0.2, -0.15) is 0 Å². The summed E-state index contributed by atoms with van der Waals surface area (Å²) in [5, 5.41) is 16.8. The number of nitrogens with zero attached hydrogens (tertiary/aromatic N) is 2. The van der Waals surface area contributed by atoms with Crippen molar-refractivity contribution >= 4 is 34.9 Å².